The number of amides is 2. The zero-order valence-corrected chi connectivity index (χ0v) is 12.9. The number of hydrogen-bond donors (Lipinski definition) is 2. The van der Waals surface area contributed by atoms with E-state index < -0.39 is 11.7 Å². The van der Waals surface area contributed by atoms with E-state index in [0.717, 1.165) is 11.1 Å². The van der Waals surface area contributed by atoms with Crippen LogP contribution >= 0.6 is 0 Å². The number of benzene rings is 2. The monoisotopic (exact) mass is 312 g/mol. The third-order valence-electron chi connectivity index (χ3n) is 3.13. The topological polar surface area (TPSA) is 58.2 Å². The summed E-state index contributed by atoms with van der Waals surface area (Å²) in [6, 6.07) is 13.0. The molecule has 4 nitrogen and oxygen atoms in total. The summed E-state index contributed by atoms with van der Waals surface area (Å²) in [5, 5.41) is 5.07. The van der Waals surface area contributed by atoms with Crippen LogP contribution in [-0.2, 0) is 9.59 Å². The van der Waals surface area contributed by atoms with Gasteiger partial charge in [0.25, 0.3) is 5.91 Å². The van der Waals surface area contributed by atoms with E-state index in [9.17, 15) is 14.0 Å². The van der Waals surface area contributed by atoms with Crippen molar-refractivity contribution >= 4 is 23.6 Å². The molecular formula is C18H17FN2O2. The van der Waals surface area contributed by atoms with Gasteiger partial charge in [-0.15, -0.1) is 0 Å². The molecule has 0 aromatic heterocycles. The van der Waals surface area contributed by atoms with Gasteiger partial charge in [0.2, 0.25) is 5.91 Å². The van der Waals surface area contributed by atoms with Gasteiger partial charge in [-0.2, -0.15) is 0 Å². The lowest BCUT2D eigenvalue weighted by Crippen LogP contribution is -2.29. The zero-order chi connectivity index (χ0) is 16.8. The second-order valence-corrected chi connectivity index (χ2v) is 5.06. The molecule has 0 radical (unpaired) electrons. The third kappa shape index (κ3) is 4.78. The standard InChI is InChI=1S/C18H17FN2O2/c1-12-6-3-4-7-14(12)10-17(20-13(2)22)18(23)21-16-9-5-8-15(19)11-16/h3-11H,1-2H3,(H,20,22)(H,21,23)/b17-10-. The number of hydrogen-bond acceptors (Lipinski definition) is 2. The fraction of sp³-hybridized carbons (Fsp3) is 0.111. The Morgan fingerprint density at radius 3 is 2.48 bits per heavy atom. The van der Waals surface area contributed by atoms with E-state index >= 15 is 0 Å². The summed E-state index contributed by atoms with van der Waals surface area (Å²) in [5.74, 6) is -1.33. The summed E-state index contributed by atoms with van der Waals surface area (Å²) in [6.45, 7) is 3.23. The number of rotatable bonds is 4. The molecule has 5 heteroatoms. The SMILES string of the molecule is CC(=O)N/C(=C\c1ccccc1C)C(=O)Nc1cccc(F)c1. The van der Waals surface area contributed by atoms with Crippen molar-refractivity contribution in [2.45, 2.75) is 13.8 Å². The largest absolute Gasteiger partial charge is 0.322 e. The van der Waals surface area contributed by atoms with Gasteiger partial charge >= 0.3 is 0 Å². The molecular weight excluding hydrogens is 295 g/mol. The third-order valence-corrected chi connectivity index (χ3v) is 3.13. The second kappa shape index (κ2) is 7.35. The van der Waals surface area contributed by atoms with Crippen molar-refractivity contribution in [3.8, 4) is 0 Å². The van der Waals surface area contributed by atoms with Crippen LogP contribution in [0.3, 0.4) is 0 Å². The van der Waals surface area contributed by atoms with Gasteiger partial charge in [-0.1, -0.05) is 30.3 Å². The summed E-state index contributed by atoms with van der Waals surface area (Å²) >= 11 is 0. The molecule has 0 unspecified atom stereocenters. The van der Waals surface area contributed by atoms with Gasteiger partial charge in [-0.05, 0) is 42.3 Å². The predicted molar refractivity (Wildman–Crippen MR) is 88.0 cm³/mol. The fourth-order valence-corrected chi connectivity index (χ4v) is 2.02. The molecule has 118 valence electrons. The first-order valence-electron chi connectivity index (χ1n) is 7.07. The molecule has 2 aromatic rings. The molecule has 0 aliphatic rings. The Balaban J connectivity index is 2.29. The van der Waals surface area contributed by atoms with Crippen molar-refractivity contribution in [2.75, 3.05) is 5.32 Å². The van der Waals surface area contributed by atoms with Crippen LogP contribution < -0.4 is 10.6 Å². The summed E-state index contributed by atoms with van der Waals surface area (Å²) in [7, 11) is 0. The summed E-state index contributed by atoms with van der Waals surface area (Å²) < 4.78 is 13.2. The van der Waals surface area contributed by atoms with E-state index in [0.29, 0.717) is 5.69 Å². The molecule has 0 atom stereocenters. The van der Waals surface area contributed by atoms with Gasteiger partial charge in [0.05, 0.1) is 0 Å². The Hall–Kier alpha value is -2.95. The smallest absolute Gasteiger partial charge is 0.272 e. The summed E-state index contributed by atoms with van der Waals surface area (Å²) in [4.78, 5) is 23.7. The normalized spacial score (nSPS) is 11.0. The van der Waals surface area contributed by atoms with Gasteiger partial charge in [-0.25, -0.2) is 4.39 Å². The Morgan fingerprint density at radius 2 is 1.83 bits per heavy atom. The highest BCUT2D eigenvalue weighted by Gasteiger charge is 2.12. The first kappa shape index (κ1) is 16.4. The minimum Gasteiger partial charge on any atom is -0.322 e. The fourth-order valence-electron chi connectivity index (χ4n) is 2.02. The molecule has 2 rings (SSSR count). The molecule has 0 heterocycles. The van der Waals surface area contributed by atoms with Crippen LogP contribution in [0.1, 0.15) is 18.1 Å². The quantitative estimate of drug-likeness (QED) is 0.851. The maximum Gasteiger partial charge on any atom is 0.272 e. The summed E-state index contributed by atoms with van der Waals surface area (Å²) in [6.07, 6.45) is 1.59. The molecule has 0 bridgehead atoms. The lowest BCUT2D eigenvalue weighted by atomic mass is 10.1. The van der Waals surface area contributed by atoms with E-state index in [1.807, 2.05) is 31.2 Å². The minimum absolute atomic E-state index is 0.0936. The number of carbonyl (C=O) groups excluding carboxylic acids is 2. The van der Waals surface area contributed by atoms with Crippen molar-refractivity contribution in [1.29, 1.82) is 0 Å². The number of nitrogens with one attached hydrogen (secondary N) is 2. The average Bonchev–Trinajstić information content (AvgIpc) is 2.48. The molecule has 2 amide bonds. The second-order valence-electron chi connectivity index (χ2n) is 5.06. The Morgan fingerprint density at radius 1 is 1.09 bits per heavy atom. The molecule has 0 spiro atoms. The van der Waals surface area contributed by atoms with E-state index in [4.69, 9.17) is 0 Å². The maximum atomic E-state index is 13.2. The average molecular weight is 312 g/mol. The molecule has 23 heavy (non-hydrogen) atoms. The van der Waals surface area contributed by atoms with Crippen molar-refractivity contribution in [3.63, 3.8) is 0 Å². The van der Waals surface area contributed by atoms with Crippen molar-refractivity contribution < 1.29 is 14.0 Å². The van der Waals surface area contributed by atoms with E-state index in [1.54, 1.807) is 12.1 Å². The van der Waals surface area contributed by atoms with Crippen LogP contribution in [0.4, 0.5) is 10.1 Å². The molecule has 0 fully saturated rings. The molecule has 0 saturated heterocycles. The molecule has 2 aromatic carbocycles. The van der Waals surface area contributed by atoms with Crippen molar-refractivity contribution in [1.82, 2.24) is 5.32 Å². The molecule has 0 aliphatic carbocycles. The predicted octanol–water partition coefficient (Wildman–Crippen LogP) is 3.25. The minimum atomic E-state index is -0.519. The highest BCUT2D eigenvalue weighted by atomic mass is 19.1. The molecule has 2 N–H and O–H groups in total. The van der Waals surface area contributed by atoms with Gasteiger partial charge < -0.3 is 10.6 Å². The Labute approximate surface area is 134 Å². The van der Waals surface area contributed by atoms with Crippen molar-refractivity contribution in [2.24, 2.45) is 0 Å². The highest BCUT2D eigenvalue weighted by molar-refractivity contribution is 6.08. The Kier molecular flexibility index (Phi) is 5.25. The number of anilines is 1. The number of halogens is 1. The Bertz CT molecular complexity index is 769. The van der Waals surface area contributed by atoms with Gasteiger partial charge in [0.1, 0.15) is 11.5 Å². The maximum absolute atomic E-state index is 13.2. The first-order chi connectivity index (χ1) is 11.0. The van der Waals surface area contributed by atoms with E-state index in [1.165, 1.54) is 25.1 Å². The lowest BCUT2D eigenvalue weighted by molar-refractivity contribution is -0.120. The van der Waals surface area contributed by atoms with E-state index in [-0.39, 0.29) is 11.6 Å². The van der Waals surface area contributed by atoms with Crippen LogP contribution in [0, 0.1) is 12.7 Å². The zero-order valence-electron chi connectivity index (χ0n) is 12.9. The first-order valence-corrected chi connectivity index (χ1v) is 7.07. The van der Waals surface area contributed by atoms with Crippen LogP contribution in [0.25, 0.3) is 6.08 Å². The summed E-state index contributed by atoms with van der Waals surface area (Å²) in [5.41, 5.74) is 2.19. The van der Waals surface area contributed by atoms with Gasteiger partial charge in [-0.3, -0.25) is 9.59 Å². The molecule has 0 aliphatic heterocycles. The van der Waals surface area contributed by atoms with E-state index in [2.05, 4.69) is 10.6 Å². The lowest BCUT2D eigenvalue weighted by Gasteiger charge is -2.10. The van der Waals surface area contributed by atoms with Crippen LogP contribution in [0.15, 0.2) is 54.2 Å². The number of aryl methyl sites for hydroxylation is 1. The number of carbonyl (C=O) groups is 2. The van der Waals surface area contributed by atoms with Gasteiger partial charge in [0.15, 0.2) is 0 Å². The highest BCUT2D eigenvalue weighted by Crippen LogP contribution is 2.14. The van der Waals surface area contributed by atoms with Crippen molar-refractivity contribution in [3.05, 3.63) is 71.2 Å². The van der Waals surface area contributed by atoms with Crippen LogP contribution in [-0.4, -0.2) is 11.8 Å². The van der Waals surface area contributed by atoms with Crippen LogP contribution in [0.5, 0.6) is 0 Å². The molecule has 0 saturated carbocycles. The van der Waals surface area contributed by atoms with Crippen LogP contribution in [0.2, 0.25) is 0 Å². The van der Waals surface area contributed by atoms with Gasteiger partial charge in [0, 0.05) is 12.6 Å².